The molecule has 1 aliphatic heterocycles. The molecule has 0 saturated carbocycles. The zero-order valence-corrected chi connectivity index (χ0v) is 11.7. The lowest BCUT2D eigenvalue weighted by Crippen LogP contribution is -2.10. The minimum atomic E-state index is 0.0970. The molecule has 0 fully saturated rings. The lowest BCUT2D eigenvalue weighted by molar-refractivity contribution is 0.908. The zero-order valence-electron chi connectivity index (χ0n) is 11.7. The quantitative estimate of drug-likeness (QED) is 0.595. The van der Waals surface area contributed by atoms with E-state index in [4.69, 9.17) is 0 Å². The van der Waals surface area contributed by atoms with Gasteiger partial charge in [0.05, 0.1) is 29.0 Å². The van der Waals surface area contributed by atoms with Crippen LogP contribution in [0.1, 0.15) is 17.3 Å². The average molecular weight is 287 g/mol. The maximum Gasteiger partial charge on any atom is 0.202 e. The number of benzene rings is 1. The van der Waals surface area contributed by atoms with Crippen molar-refractivity contribution < 1.29 is 0 Å². The molecule has 4 aromatic rings. The van der Waals surface area contributed by atoms with Gasteiger partial charge in [-0.2, -0.15) is 0 Å². The number of nitrogens with one attached hydrogen (secondary N) is 2. The van der Waals surface area contributed by atoms with Gasteiger partial charge in [0.2, 0.25) is 5.95 Å². The first-order valence-electron chi connectivity index (χ1n) is 7.23. The summed E-state index contributed by atoms with van der Waals surface area (Å²) >= 11 is 0. The van der Waals surface area contributed by atoms with Gasteiger partial charge in [-0.25, -0.2) is 4.98 Å². The molecule has 0 radical (unpaired) electrons. The van der Waals surface area contributed by atoms with E-state index >= 15 is 0 Å². The molecule has 1 unspecified atom stereocenters. The number of rotatable bonds is 2. The summed E-state index contributed by atoms with van der Waals surface area (Å²) in [6.45, 7) is 0. The van der Waals surface area contributed by atoms with Crippen LogP contribution in [0.5, 0.6) is 0 Å². The van der Waals surface area contributed by atoms with Crippen molar-refractivity contribution in [2.75, 3.05) is 5.32 Å². The number of pyridine rings is 1. The third kappa shape index (κ3) is 1.53. The van der Waals surface area contributed by atoms with E-state index in [9.17, 15) is 0 Å². The first-order valence-corrected chi connectivity index (χ1v) is 7.23. The van der Waals surface area contributed by atoms with Crippen molar-refractivity contribution in [2.45, 2.75) is 6.04 Å². The van der Waals surface area contributed by atoms with Crippen molar-refractivity contribution in [1.82, 2.24) is 19.5 Å². The standard InChI is InChI=1S/C17H13N5/c1-2-5-14-11(4-1)16(15-6-3-9-22(14)15)21-17-19-12-7-8-18-10-13(12)20-17/h1-10,16H,(H2,19,20,21). The zero-order chi connectivity index (χ0) is 14.5. The van der Waals surface area contributed by atoms with Crippen LogP contribution in [-0.2, 0) is 0 Å². The van der Waals surface area contributed by atoms with Crippen LogP contribution in [0, 0.1) is 0 Å². The lowest BCUT2D eigenvalue weighted by atomic mass is 10.1. The van der Waals surface area contributed by atoms with Crippen molar-refractivity contribution in [3.63, 3.8) is 0 Å². The summed E-state index contributed by atoms with van der Waals surface area (Å²) in [5.41, 5.74) is 5.56. The lowest BCUT2D eigenvalue weighted by Gasteiger charge is -2.12. The summed E-state index contributed by atoms with van der Waals surface area (Å²) in [5.74, 6) is 0.762. The highest BCUT2D eigenvalue weighted by molar-refractivity contribution is 5.76. The molecule has 1 atom stereocenters. The summed E-state index contributed by atoms with van der Waals surface area (Å²) < 4.78 is 2.22. The van der Waals surface area contributed by atoms with Gasteiger partial charge in [0.25, 0.3) is 0 Å². The van der Waals surface area contributed by atoms with Gasteiger partial charge >= 0.3 is 0 Å². The minimum absolute atomic E-state index is 0.0970. The van der Waals surface area contributed by atoms with Crippen molar-refractivity contribution in [3.05, 3.63) is 72.3 Å². The molecular formula is C17H13N5. The van der Waals surface area contributed by atoms with Gasteiger partial charge in [0.15, 0.2) is 0 Å². The molecular weight excluding hydrogens is 274 g/mol. The summed E-state index contributed by atoms with van der Waals surface area (Å²) in [5, 5.41) is 3.51. The van der Waals surface area contributed by atoms with Crippen LogP contribution in [0.2, 0.25) is 0 Å². The van der Waals surface area contributed by atoms with Crippen molar-refractivity contribution in [1.29, 1.82) is 0 Å². The molecule has 5 heteroatoms. The first-order chi connectivity index (χ1) is 10.9. The van der Waals surface area contributed by atoms with Crippen LogP contribution in [0.4, 0.5) is 5.95 Å². The van der Waals surface area contributed by atoms with Crippen LogP contribution >= 0.6 is 0 Å². The van der Waals surface area contributed by atoms with Crippen molar-refractivity contribution >= 4 is 17.0 Å². The van der Waals surface area contributed by atoms with Gasteiger partial charge in [-0.15, -0.1) is 0 Å². The van der Waals surface area contributed by atoms with E-state index in [-0.39, 0.29) is 6.04 Å². The van der Waals surface area contributed by atoms with Gasteiger partial charge in [-0.3, -0.25) is 4.98 Å². The van der Waals surface area contributed by atoms with E-state index < -0.39 is 0 Å². The topological polar surface area (TPSA) is 58.5 Å². The summed E-state index contributed by atoms with van der Waals surface area (Å²) in [7, 11) is 0. The largest absolute Gasteiger partial charge is 0.343 e. The number of para-hydroxylation sites is 1. The predicted octanol–water partition coefficient (Wildman–Crippen LogP) is 3.26. The highest BCUT2D eigenvalue weighted by Crippen LogP contribution is 2.38. The van der Waals surface area contributed by atoms with Gasteiger partial charge in [-0.05, 0) is 24.3 Å². The fourth-order valence-corrected chi connectivity index (χ4v) is 3.17. The Morgan fingerprint density at radius 2 is 2.05 bits per heavy atom. The number of imidazole rings is 1. The smallest absolute Gasteiger partial charge is 0.202 e. The molecule has 0 aliphatic carbocycles. The molecule has 3 aromatic heterocycles. The Morgan fingerprint density at radius 3 is 3.00 bits per heavy atom. The molecule has 1 aliphatic rings. The second-order valence-electron chi connectivity index (χ2n) is 5.42. The monoisotopic (exact) mass is 287 g/mol. The van der Waals surface area contributed by atoms with Crippen LogP contribution in [0.25, 0.3) is 16.7 Å². The van der Waals surface area contributed by atoms with Crippen LogP contribution in [0.3, 0.4) is 0 Å². The molecule has 106 valence electrons. The highest BCUT2D eigenvalue weighted by atomic mass is 15.2. The molecule has 22 heavy (non-hydrogen) atoms. The van der Waals surface area contributed by atoms with Gasteiger partial charge in [0.1, 0.15) is 0 Å². The fourth-order valence-electron chi connectivity index (χ4n) is 3.17. The number of aromatic amines is 1. The third-order valence-electron chi connectivity index (χ3n) is 4.15. The van der Waals surface area contributed by atoms with Gasteiger partial charge in [-0.1, -0.05) is 18.2 Å². The predicted molar refractivity (Wildman–Crippen MR) is 85.1 cm³/mol. The van der Waals surface area contributed by atoms with E-state index in [1.807, 2.05) is 6.07 Å². The maximum atomic E-state index is 4.59. The molecule has 0 spiro atoms. The Bertz CT molecular complexity index is 948. The number of hydrogen-bond donors (Lipinski definition) is 2. The SMILES string of the molecule is c1ccc2c(c1)C(Nc1nc3ccncc3[nH]1)c1cccn1-2. The second kappa shape index (κ2) is 4.21. The van der Waals surface area contributed by atoms with Crippen LogP contribution in [-0.4, -0.2) is 19.5 Å². The van der Waals surface area contributed by atoms with Gasteiger partial charge in [0, 0.05) is 23.7 Å². The van der Waals surface area contributed by atoms with Crippen LogP contribution in [0.15, 0.2) is 61.1 Å². The van der Waals surface area contributed by atoms with E-state index in [0.29, 0.717) is 0 Å². The normalized spacial score (nSPS) is 15.7. The average Bonchev–Trinajstić information content (AvgIpc) is 3.23. The Kier molecular flexibility index (Phi) is 2.21. The van der Waals surface area contributed by atoms with E-state index in [1.54, 1.807) is 12.4 Å². The van der Waals surface area contributed by atoms with Crippen LogP contribution < -0.4 is 5.32 Å². The Hall–Kier alpha value is -3.08. The molecule has 1 aromatic carbocycles. The number of hydrogen-bond acceptors (Lipinski definition) is 3. The molecule has 0 bridgehead atoms. The third-order valence-corrected chi connectivity index (χ3v) is 4.15. The van der Waals surface area contributed by atoms with E-state index in [1.165, 1.54) is 16.9 Å². The van der Waals surface area contributed by atoms with E-state index in [2.05, 4.69) is 67.4 Å². The van der Waals surface area contributed by atoms with Crippen molar-refractivity contribution in [3.8, 4) is 5.69 Å². The maximum absolute atomic E-state index is 4.59. The fraction of sp³-hybridized carbons (Fsp3) is 0.0588. The summed E-state index contributed by atoms with van der Waals surface area (Å²) in [4.78, 5) is 12.0. The molecule has 5 nitrogen and oxygen atoms in total. The number of anilines is 1. The number of H-pyrrole nitrogens is 1. The molecule has 0 saturated heterocycles. The molecule has 0 amide bonds. The van der Waals surface area contributed by atoms with E-state index in [0.717, 1.165) is 17.0 Å². The summed E-state index contributed by atoms with van der Waals surface area (Å²) in [6, 6.07) is 14.7. The number of nitrogens with zero attached hydrogens (tertiary/aromatic N) is 3. The summed E-state index contributed by atoms with van der Waals surface area (Å²) in [6.07, 6.45) is 5.64. The van der Waals surface area contributed by atoms with Gasteiger partial charge < -0.3 is 14.9 Å². The highest BCUT2D eigenvalue weighted by Gasteiger charge is 2.28. The Balaban J connectivity index is 1.61. The minimum Gasteiger partial charge on any atom is -0.343 e. The number of fused-ring (bicyclic) bond motifs is 4. The molecule has 2 N–H and O–H groups in total. The first kappa shape index (κ1) is 11.6. The molecule has 4 heterocycles. The molecule has 5 rings (SSSR count). The van der Waals surface area contributed by atoms with Crippen molar-refractivity contribution in [2.24, 2.45) is 0 Å². The Morgan fingerprint density at radius 1 is 1.09 bits per heavy atom. The Labute approximate surface area is 126 Å². The second-order valence-corrected chi connectivity index (χ2v) is 5.42. The number of aromatic nitrogens is 4.